The molecule has 2 aromatic rings. The van der Waals surface area contributed by atoms with Crippen LogP contribution in [0, 0.1) is 0 Å². The summed E-state index contributed by atoms with van der Waals surface area (Å²) in [4.78, 5) is 6.43. The van der Waals surface area contributed by atoms with Crippen LogP contribution in [0.25, 0.3) is 10.9 Å². The van der Waals surface area contributed by atoms with Crippen molar-refractivity contribution in [3.63, 3.8) is 0 Å². The van der Waals surface area contributed by atoms with Gasteiger partial charge in [0.15, 0.2) is 5.11 Å². The quantitative estimate of drug-likeness (QED) is 0.835. The average molecular weight is 274 g/mol. The number of likely N-dealkylation sites (N-methyl/N-ethyl adjacent to an activating group) is 1. The van der Waals surface area contributed by atoms with E-state index >= 15 is 0 Å². The summed E-state index contributed by atoms with van der Waals surface area (Å²) in [6.07, 6.45) is 1.79. The van der Waals surface area contributed by atoms with Crippen LogP contribution in [-0.4, -0.2) is 42.2 Å². The van der Waals surface area contributed by atoms with Gasteiger partial charge in [0.1, 0.15) is 0 Å². The summed E-state index contributed by atoms with van der Waals surface area (Å²) in [6, 6.07) is 9.93. The van der Waals surface area contributed by atoms with Crippen molar-refractivity contribution in [1.29, 1.82) is 0 Å². The Hall–Kier alpha value is -1.72. The number of nitrogens with zero attached hydrogens (tertiary/aromatic N) is 2. The van der Waals surface area contributed by atoms with Gasteiger partial charge in [0.05, 0.1) is 5.52 Å². The first kappa shape index (κ1) is 13.7. The van der Waals surface area contributed by atoms with Crippen LogP contribution in [0.3, 0.4) is 0 Å². The molecule has 2 rings (SSSR count). The van der Waals surface area contributed by atoms with Gasteiger partial charge in [0.2, 0.25) is 0 Å². The van der Waals surface area contributed by atoms with Gasteiger partial charge in [-0.1, -0.05) is 6.07 Å². The number of aromatic nitrogens is 1. The van der Waals surface area contributed by atoms with Crippen LogP contribution in [0.15, 0.2) is 36.5 Å². The highest BCUT2D eigenvalue weighted by Crippen LogP contribution is 2.20. The van der Waals surface area contributed by atoms with Crippen molar-refractivity contribution in [3.05, 3.63) is 36.5 Å². The topological polar surface area (TPSA) is 40.2 Å². The summed E-state index contributed by atoms with van der Waals surface area (Å²) in [5, 5.41) is 8.11. The molecule has 0 aliphatic carbocycles. The maximum absolute atomic E-state index is 5.29. The summed E-state index contributed by atoms with van der Waals surface area (Å²) < 4.78 is 0. The highest BCUT2D eigenvalue weighted by molar-refractivity contribution is 7.80. The minimum Gasteiger partial charge on any atom is -0.361 e. The molecule has 0 bridgehead atoms. The van der Waals surface area contributed by atoms with Crippen molar-refractivity contribution in [2.24, 2.45) is 0 Å². The number of pyridine rings is 1. The molecule has 100 valence electrons. The van der Waals surface area contributed by atoms with Crippen molar-refractivity contribution in [2.75, 3.05) is 32.5 Å². The van der Waals surface area contributed by atoms with Gasteiger partial charge in [0.25, 0.3) is 0 Å². The molecule has 0 spiro atoms. The molecule has 0 unspecified atom stereocenters. The Morgan fingerprint density at radius 3 is 2.89 bits per heavy atom. The van der Waals surface area contributed by atoms with Crippen molar-refractivity contribution < 1.29 is 0 Å². The number of benzene rings is 1. The van der Waals surface area contributed by atoms with Crippen LogP contribution < -0.4 is 10.6 Å². The third-order valence-corrected chi connectivity index (χ3v) is 2.98. The Kier molecular flexibility index (Phi) is 4.65. The lowest BCUT2D eigenvalue weighted by atomic mass is 10.2. The van der Waals surface area contributed by atoms with Crippen LogP contribution in [0.5, 0.6) is 0 Å². The maximum atomic E-state index is 5.29. The minimum absolute atomic E-state index is 0.637. The summed E-state index contributed by atoms with van der Waals surface area (Å²) in [5.74, 6) is 0. The molecule has 1 aromatic heterocycles. The highest BCUT2D eigenvalue weighted by atomic mass is 32.1. The van der Waals surface area contributed by atoms with E-state index < -0.39 is 0 Å². The van der Waals surface area contributed by atoms with E-state index in [4.69, 9.17) is 12.2 Å². The van der Waals surface area contributed by atoms with Gasteiger partial charge in [-0.05, 0) is 50.6 Å². The van der Waals surface area contributed by atoms with E-state index in [0.29, 0.717) is 5.11 Å². The molecule has 1 aromatic carbocycles. The first-order chi connectivity index (χ1) is 9.16. The number of hydrogen-bond donors (Lipinski definition) is 2. The molecule has 0 atom stereocenters. The summed E-state index contributed by atoms with van der Waals surface area (Å²) >= 11 is 5.29. The molecule has 0 radical (unpaired) electrons. The number of rotatable bonds is 4. The van der Waals surface area contributed by atoms with Gasteiger partial charge >= 0.3 is 0 Å². The molecule has 5 heteroatoms. The number of anilines is 1. The zero-order valence-corrected chi connectivity index (χ0v) is 12.0. The van der Waals surface area contributed by atoms with E-state index in [0.717, 1.165) is 29.7 Å². The second kappa shape index (κ2) is 6.45. The van der Waals surface area contributed by atoms with Gasteiger partial charge in [-0.15, -0.1) is 0 Å². The van der Waals surface area contributed by atoms with Crippen molar-refractivity contribution in [1.82, 2.24) is 15.2 Å². The maximum Gasteiger partial charge on any atom is 0.170 e. The molecular weight excluding hydrogens is 256 g/mol. The Morgan fingerprint density at radius 2 is 2.11 bits per heavy atom. The molecule has 2 N–H and O–H groups in total. The number of fused-ring (bicyclic) bond motifs is 1. The lowest BCUT2D eigenvalue weighted by Gasteiger charge is -2.14. The number of hydrogen-bond acceptors (Lipinski definition) is 3. The predicted octanol–water partition coefficient (Wildman–Crippen LogP) is 2.08. The van der Waals surface area contributed by atoms with E-state index in [-0.39, 0.29) is 0 Å². The molecule has 1 heterocycles. The standard InChI is InChI=1S/C14H18N4S/c1-18(2)10-9-16-14(19)17-13-7-3-6-12-11(13)5-4-8-15-12/h3-8H,9-10H2,1-2H3,(H2,16,17,19). The van der Waals surface area contributed by atoms with E-state index in [1.54, 1.807) is 6.20 Å². The highest BCUT2D eigenvalue weighted by Gasteiger charge is 2.02. The van der Waals surface area contributed by atoms with Gasteiger partial charge in [0, 0.05) is 30.4 Å². The summed E-state index contributed by atoms with van der Waals surface area (Å²) in [7, 11) is 4.07. The second-order valence-corrected chi connectivity index (χ2v) is 4.97. The first-order valence-electron chi connectivity index (χ1n) is 6.20. The van der Waals surface area contributed by atoms with Gasteiger partial charge in [-0.2, -0.15) is 0 Å². The van der Waals surface area contributed by atoms with Crippen molar-refractivity contribution >= 4 is 33.9 Å². The van der Waals surface area contributed by atoms with Crippen LogP contribution >= 0.6 is 12.2 Å². The fraction of sp³-hybridized carbons (Fsp3) is 0.286. The lowest BCUT2D eigenvalue weighted by molar-refractivity contribution is 0.413. The number of nitrogens with one attached hydrogen (secondary N) is 2. The van der Waals surface area contributed by atoms with E-state index in [2.05, 4.69) is 20.5 Å². The van der Waals surface area contributed by atoms with Crippen LogP contribution in [0.2, 0.25) is 0 Å². The fourth-order valence-electron chi connectivity index (χ4n) is 1.77. The molecule has 0 amide bonds. The van der Waals surface area contributed by atoms with Crippen molar-refractivity contribution in [3.8, 4) is 0 Å². The molecule has 0 saturated heterocycles. The first-order valence-corrected chi connectivity index (χ1v) is 6.61. The zero-order chi connectivity index (χ0) is 13.7. The number of thiocarbonyl (C=S) groups is 1. The second-order valence-electron chi connectivity index (χ2n) is 4.56. The van der Waals surface area contributed by atoms with Gasteiger partial charge < -0.3 is 15.5 Å². The largest absolute Gasteiger partial charge is 0.361 e. The van der Waals surface area contributed by atoms with Crippen molar-refractivity contribution in [2.45, 2.75) is 0 Å². The molecule has 0 saturated carbocycles. The molecule has 19 heavy (non-hydrogen) atoms. The Bertz CT molecular complexity index is 563. The predicted molar refractivity (Wildman–Crippen MR) is 84.5 cm³/mol. The monoisotopic (exact) mass is 274 g/mol. The average Bonchev–Trinajstić information content (AvgIpc) is 2.39. The van der Waals surface area contributed by atoms with Crippen LogP contribution in [0.4, 0.5) is 5.69 Å². The SMILES string of the molecule is CN(C)CCNC(=S)Nc1cccc2ncccc12. The van der Waals surface area contributed by atoms with Gasteiger partial charge in [-0.3, -0.25) is 4.98 Å². The zero-order valence-electron chi connectivity index (χ0n) is 11.2. The van der Waals surface area contributed by atoms with Crippen LogP contribution in [0.1, 0.15) is 0 Å². The van der Waals surface area contributed by atoms with Gasteiger partial charge in [-0.25, -0.2) is 0 Å². The Balaban J connectivity index is 2.03. The Morgan fingerprint density at radius 1 is 1.26 bits per heavy atom. The summed E-state index contributed by atoms with van der Waals surface area (Å²) in [5.41, 5.74) is 1.94. The molecular formula is C14H18N4S. The Labute approximate surface area is 118 Å². The smallest absolute Gasteiger partial charge is 0.170 e. The fourth-order valence-corrected chi connectivity index (χ4v) is 1.98. The molecule has 4 nitrogen and oxygen atoms in total. The third kappa shape index (κ3) is 3.87. The van der Waals surface area contributed by atoms with E-state index in [1.807, 2.05) is 44.4 Å². The summed E-state index contributed by atoms with van der Waals surface area (Å²) in [6.45, 7) is 1.76. The van der Waals surface area contributed by atoms with E-state index in [1.165, 1.54) is 0 Å². The molecule has 0 aliphatic heterocycles. The lowest BCUT2D eigenvalue weighted by Crippen LogP contribution is -2.34. The molecule has 0 aliphatic rings. The van der Waals surface area contributed by atoms with Crippen LogP contribution in [-0.2, 0) is 0 Å². The normalized spacial score (nSPS) is 10.7. The minimum atomic E-state index is 0.637. The molecule has 0 fully saturated rings. The van der Waals surface area contributed by atoms with E-state index in [9.17, 15) is 0 Å². The third-order valence-electron chi connectivity index (χ3n) is 2.74.